The maximum atomic E-state index is 6.02. The number of benzene rings is 1. The second kappa shape index (κ2) is 4.59. The van der Waals surface area contributed by atoms with Crippen LogP contribution in [0.5, 0.6) is 0 Å². The van der Waals surface area contributed by atoms with Gasteiger partial charge >= 0.3 is 0 Å². The molecule has 1 heterocycles. The predicted molar refractivity (Wildman–Crippen MR) is 60.5 cm³/mol. The quantitative estimate of drug-likeness (QED) is 0.838. The molecule has 0 radical (unpaired) electrons. The highest BCUT2D eigenvalue weighted by Crippen LogP contribution is 2.16. The maximum Gasteiger partial charge on any atom is 0.284 e. The zero-order valence-electron chi connectivity index (χ0n) is 7.87. The maximum absolute atomic E-state index is 6.02. The molecule has 0 aliphatic rings. The smallest absolute Gasteiger partial charge is 0.284 e. The largest absolute Gasteiger partial charge is 0.414 e. The van der Waals surface area contributed by atoms with Crippen LogP contribution in [0.15, 0.2) is 28.7 Å². The van der Waals surface area contributed by atoms with Gasteiger partial charge in [-0.25, -0.2) is 5.10 Å². The number of hydrogen-bond acceptors (Lipinski definition) is 3. The van der Waals surface area contributed by atoms with Crippen LogP contribution >= 0.6 is 23.8 Å². The molecule has 1 N–H and O–H groups in total. The number of nitrogens with zero attached hydrogens (tertiary/aromatic N) is 1. The molecule has 0 aliphatic heterocycles. The van der Waals surface area contributed by atoms with Gasteiger partial charge in [0.1, 0.15) is 0 Å². The fourth-order valence-electron chi connectivity index (χ4n) is 1.31. The van der Waals surface area contributed by atoms with Gasteiger partial charge in [-0.05, 0) is 30.3 Å². The Kier molecular flexibility index (Phi) is 3.18. The lowest BCUT2D eigenvalue weighted by Gasteiger charge is -2.00. The summed E-state index contributed by atoms with van der Waals surface area (Å²) >= 11 is 10.8. The molecule has 0 saturated carbocycles. The molecule has 1 aromatic heterocycles. The molecule has 0 saturated heterocycles. The van der Waals surface area contributed by atoms with E-state index in [0.717, 1.165) is 17.0 Å². The van der Waals surface area contributed by atoms with Crippen LogP contribution < -0.4 is 0 Å². The molecule has 1 aromatic carbocycles. The zero-order valence-corrected chi connectivity index (χ0v) is 9.44. The monoisotopic (exact) mass is 240 g/mol. The van der Waals surface area contributed by atoms with Crippen LogP contribution in [0, 0.1) is 4.84 Å². The number of H-pyrrole nitrogens is 1. The summed E-state index contributed by atoms with van der Waals surface area (Å²) in [4.78, 5) is 0.309. The fourth-order valence-corrected chi connectivity index (χ4v) is 1.68. The molecule has 0 bridgehead atoms. The lowest BCUT2D eigenvalue weighted by molar-refractivity contribution is 0.480. The predicted octanol–water partition coefficient (Wildman–Crippen LogP) is 3.17. The highest BCUT2D eigenvalue weighted by Gasteiger charge is 2.03. The van der Waals surface area contributed by atoms with E-state index in [1.807, 2.05) is 24.3 Å². The number of hydrogen-bond donors (Lipinski definition) is 1. The summed E-state index contributed by atoms with van der Waals surface area (Å²) in [5.74, 6) is 0.611. The van der Waals surface area contributed by atoms with Crippen LogP contribution in [0.25, 0.3) is 0 Å². The number of aromatic amines is 1. The second-order valence-corrected chi connectivity index (χ2v) is 3.88. The van der Waals surface area contributed by atoms with Gasteiger partial charge in [-0.3, -0.25) is 0 Å². The van der Waals surface area contributed by atoms with Gasteiger partial charge in [-0.1, -0.05) is 29.8 Å². The van der Waals surface area contributed by atoms with Crippen LogP contribution in [0.3, 0.4) is 0 Å². The number of rotatable bonds is 3. The van der Waals surface area contributed by atoms with Crippen LogP contribution in [0.4, 0.5) is 0 Å². The molecule has 0 fully saturated rings. The molecule has 0 atom stereocenters. The minimum atomic E-state index is 0.309. The summed E-state index contributed by atoms with van der Waals surface area (Å²) in [6.45, 7) is 0. The molecule has 15 heavy (non-hydrogen) atoms. The summed E-state index contributed by atoms with van der Waals surface area (Å²) < 4.78 is 5.15. The number of nitrogens with one attached hydrogen (secondary N) is 1. The van der Waals surface area contributed by atoms with E-state index in [1.54, 1.807) is 0 Å². The molecular formula is C10H9ClN2OS. The van der Waals surface area contributed by atoms with E-state index < -0.39 is 0 Å². The molecule has 0 unspecified atom stereocenters. The minimum Gasteiger partial charge on any atom is -0.414 e. The summed E-state index contributed by atoms with van der Waals surface area (Å²) in [6.07, 6.45) is 1.49. The second-order valence-electron chi connectivity index (χ2n) is 3.10. The van der Waals surface area contributed by atoms with Crippen molar-refractivity contribution in [3.8, 4) is 0 Å². The summed E-state index contributed by atoms with van der Waals surface area (Å²) in [5, 5.41) is 7.28. The van der Waals surface area contributed by atoms with Crippen LogP contribution in [-0.4, -0.2) is 10.2 Å². The molecule has 0 spiro atoms. The average molecular weight is 241 g/mol. The number of aryl methyl sites for hydroxylation is 2. The van der Waals surface area contributed by atoms with Crippen molar-refractivity contribution >= 4 is 23.8 Å². The molecular weight excluding hydrogens is 232 g/mol. The van der Waals surface area contributed by atoms with Crippen molar-refractivity contribution in [2.45, 2.75) is 12.8 Å². The first-order valence-electron chi connectivity index (χ1n) is 4.53. The third-order valence-corrected chi connectivity index (χ3v) is 2.59. The lowest BCUT2D eigenvalue weighted by Crippen LogP contribution is -1.92. The van der Waals surface area contributed by atoms with Crippen LogP contribution in [-0.2, 0) is 12.8 Å². The molecule has 0 aliphatic carbocycles. The first kappa shape index (κ1) is 10.4. The topological polar surface area (TPSA) is 41.8 Å². The highest BCUT2D eigenvalue weighted by atomic mass is 35.5. The van der Waals surface area contributed by atoms with E-state index in [0.29, 0.717) is 17.1 Å². The van der Waals surface area contributed by atoms with Crippen molar-refractivity contribution in [1.29, 1.82) is 0 Å². The van der Waals surface area contributed by atoms with Gasteiger partial charge in [0.2, 0.25) is 5.89 Å². The van der Waals surface area contributed by atoms with Gasteiger partial charge in [0.15, 0.2) is 0 Å². The molecule has 5 heteroatoms. The van der Waals surface area contributed by atoms with Gasteiger partial charge < -0.3 is 4.42 Å². The Morgan fingerprint density at radius 3 is 2.80 bits per heavy atom. The number of halogens is 1. The van der Waals surface area contributed by atoms with E-state index in [9.17, 15) is 0 Å². The normalized spacial score (nSPS) is 10.5. The first-order valence-corrected chi connectivity index (χ1v) is 5.32. The van der Waals surface area contributed by atoms with Gasteiger partial charge in [0, 0.05) is 11.4 Å². The van der Waals surface area contributed by atoms with Crippen LogP contribution in [0.2, 0.25) is 5.02 Å². The van der Waals surface area contributed by atoms with Crippen molar-refractivity contribution < 1.29 is 4.42 Å². The van der Waals surface area contributed by atoms with Crippen molar-refractivity contribution in [2.24, 2.45) is 0 Å². The summed E-state index contributed by atoms with van der Waals surface area (Å²) in [7, 11) is 0. The summed E-state index contributed by atoms with van der Waals surface area (Å²) in [5.41, 5.74) is 1.09. The SMILES string of the molecule is S=c1[nH]nc(CCc2ccccc2Cl)o1. The third kappa shape index (κ3) is 2.67. The standard InChI is InChI=1S/C10H9ClN2OS/c11-8-4-2-1-3-7(8)5-6-9-12-13-10(15)14-9/h1-4H,5-6H2,(H,13,15). The van der Waals surface area contributed by atoms with Crippen molar-refractivity contribution in [3.63, 3.8) is 0 Å². The van der Waals surface area contributed by atoms with E-state index in [4.69, 9.17) is 28.2 Å². The van der Waals surface area contributed by atoms with Gasteiger partial charge in [-0.2, -0.15) is 0 Å². The van der Waals surface area contributed by atoms with Crippen LogP contribution in [0.1, 0.15) is 11.5 Å². The Morgan fingerprint density at radius 1 is 1.33 bits per heavy atom. The van der Waals surface area contributed by atoms with Gasteiger partial charge in [0.25, 0.3) is 4.84 Å². The van der Waals surface area contributed by atoms with Crippen molar-refractivity contribution in [2.75, 3.05) is 0 Å². The Labute approximate surface area is 97.1 Å². The molecule has 78 valence electrons. The van der Waals surface area contributed by atoms with Crippen molar-refractivity contribution in [3.05, 3.63) is 45.6 Å². The van der Waals surface area contributed by atoms with E-state index in [1.165, 1.54) is 0 Å². The molecule has 2 aromatic rings. The fraction of sp³-hybridized carbons (Fsp3) is 0.200. The Balaban J connectivity index is 2.05. The zero-order chi connectivity index (χ0) is 10.7. The first-order chi connectivity index (χ1) is 7.25. The Morgan fingerprint density at radius 2 is 2.13 bits per heavy atom. The Bertz CT molecular complexity index is 506. The highest BCUT2D eigenvalue weighted by molar-refractivity contribution is 7.71. The summed E-state index contributed by atoms with van der Waals surface area (Å²) in [6, 6.07) is 7.73. The van der Waals surface area contributed by atoms with Crippen molar-refractivity contribution in [1.82, 2.24) is 10.2 Å². The van der Waals surface area contributed by atoms with E-state index in [2.05, 4.69) is 10.2 Å². The van der Waals surface area contributed by atoms with E-state index >= 15 is 0 Å². The van der Waals surface area contributed by atoms with Gasteiger partial charge in [0.05, 0.1) is 0 Å². The average Bonchev–Trinajstić information content (AvgIpc) is 2.63. The minimum absolute atomic E-state index is 0.309. The lowest BCUT2D eigenvalue weighted by atomic mass is 10.1. The molecule has 2 rings (SSSR count). The molecule has 3 nitrogen and oxygen atoms in total. The molecule has 0 amide bonds. The number of aromatic nitrogens is 2. The van der Waals surface area contributed by atoms with E-state index in [-0.39, 0.29) is 0 Å². The third-order valence-electron chi connectivity index (χ3n) is 2.05. The van der Waals surface area contributed by atoms with Gasteiger partial charge in [-0.15, -0.1) is 5.10 Å². The Hall–Kier alpha value is -1.13.